The molecule has 2 amide bonds. The van der Waals surface area contributed by atoms with Crippen LogP contribution in [0.25, 0.3) is 0 Å². The number of nitrogens with zero attached hydrogens (tertiary/aromatic N) is 3. The van der Waals surface area contributed by atoms with Gasteiger partial charge in [-0.2, -0.15) is 5.10 Å². The Morgan fingerprint density at radius 2 is 1.50 bits per heavy atom. The topological polar surface area (TPSA) is 185 Å². The smallest absolute Gasteiger partial charge is 0.329 e. The number of nitro benzene ring substituents is 2. The molecule has 3 aromatic carbocycles. The van der Waals surface area contributed by atoms with Crippen LogP contribution >= 0.6 is 0 Å². The van der Waals surface area contributed by atoms with Crippen molar-refractivity contribution >= 4 is 34.6 Å². The van der Waals surface area contributed by atoms with Crippen molar-refractivity contribution in [1.29, 1.82) is 0 Å². The van der Waals surface area contributed by atoms with Crippen molar-refractivity contribution in [3.63, 3.8) is 0 Å². The molecule has 0 aromatic heterocycles. The average Bonchev–Trinajstić information content (AvgIpc) is 2.91. The number of hydrazone groups is 1. The van der Waals surface area contributed by atoms with Gasteiger partial charge in [-0.1, -0.05) is 0 Å². The molecule has 0 saturated heterocycles. The van der Waals surface area contributed by atoms with Crippen LogP contribution in [-0.4, -0.2) is 41.6 Å². The summed E-state index contributed by atoms with van der Waals surface area (Å²) in [6.07, 6.45) is 0. The first kappa shape index (κ1) is 27.1. The first-order valence-corrected chi connectivity index (χ1v) is 10.7. The van der Waals surface area contributed by atoms with E-state index in [4.69, 9.17) is 14.2 Å². The van der Waals surface area contributed by atoms with Crippen molar-refractivity contribution in [3.8, 4) is 23.0 Å². The molecule has 196 valence electrons. The molecule has 3 rings (SSSR count). The van der Waals surface area contributed by atoms with Crippen molar-refractivity contribution in [1.82, 2.24) is 5.43 Å². The molecular weight excluding hydrogens is 502 g/mol. The molecule has 0 bridgehead atoms. The van der Waals surface area contributed by atoms with Gasteiger partial charge >= 0.3 is 17.5 Å². The van der Waals surface area contributed by atoms with E-state index in [1.165, 1.54) is 32.4 Å². The summed E-state index contributed by atoms with van der Waals surface area (Å²) in [4.78, 5) is 45.0. The van der Waals surface area contributed by atoms with Gasteiger partial charge in [0.2, 0.25) is 5.75 Å². The second-order valence-electron chi connectivity index (χ2n) is 7.45. The van der Waals surface area contributed by atoms with Gasteiger partial charge in [0, 0.05) is 17.3 Å². The quantitative estimate of drug-likeness (QED) is 0.182. The van der Waals surface area contributed by atoms with Crippen LogP contribution in [0.5, 0.6) is 23.0 Å². The molecule has 14 heteroatoms. The van der Waals surface area contributed by atoms with Crippen molar-refractivity contribution in [2.45, 2.75) is 6.92 Å². The molecule has 0 radical (unpaired) electrons. The Morgan fingerprint density at radius 3 is 2.11 bits per heavy atom. The molecule has 0 saturated carbocycles. The highest BCUT2D eigenvalue weighted by atomic mass is 16.6. The number of amides is 2. The third-order valence-corrected chi connectivity index (χ3v) is 5.03. The van der Waals surface area contributed by atoms with Crippen LogP contribution in [0, 0.1) is 20.2 Å². The van der Waals surface area contributed by atoms with E-state index >= 15 is 0 Å². The highest BCUT2D eigenvalue weighted by Gasteiger charge is 2.22. The maximum Gasteiger partial charge on any atom is 0.329 e. The first-order valence-electron chi connectivity index (χ1n) is 10.7. The molecule has 0 aliphatic rings. The van der Waals surface area contributed by atoms with E-state index in [2.05, 4.69) is 15.8 Å². The summed E-state index contributed by atoms with van der Waals surface area (Å²) in [7, 11) is 2.84. The zero-order chi connectivity index (χ0) is 27.8. The Balaban J connectivity index is 1.73. The summed E-state index contributed by atoms with van der Waals surface area (Å²) < 4.78 is 15.9. The van der Waals surface area contributed by atoms with Gasteiger partial charge in [-0.15, -0.1) is 0 Å². The number of nitro groups is 2. The first-order chi connectivity index (χ1) is 18.1. The number of carbonyl (C=O) groups is 2. The monoisotopic (exact) mass is 523 g/mol. The summed E-state index contributed by atoms with van der Waals surface area (Å²) in [5.41, 5.74) is 2.27. The van der Waals surface area contributed by atoms with Crippen LogP contribution in [0.4, 0.5) is 17.1 Å². The zero-order valence-electron chi connectivity index (χ0n) is 20.3. The molecular formula is C24H21N5O9. The van der Waals surface area contributed by atoms with Gasteiger partial charge in [-0.25, -0.2) is 5.43 Å². The Kier molecular flexibility index (Phi) is 8.50. The lowest BCUT2D eigenvalue weighted by atomic mass is 10.1. The largest absolute Gasteiger partial charge is 0.497 e. The average molecular weight is 523 g/mol. The van der Waals surface area contributed by atoms with E-state index in [1.807, 2.05) is 0 Å². The van der Waals surface area contributed by atoms with E-state index in [0.29, 0.717) is 22.7 Å². The normalized spacial score (nSPS) is 10.8. The number of ether oxygens (including phenoxy) is 3. The Labute approximate surface area is 215 Å². The number of rotatable bonds is 9. The lowest BCUT2D eigenvalue weighted by Crippen LogP contribution is -2.32. The lowest BCUT2D eigenvalue weighted by molar-refractivity contribution is -0.394. The molecule has 0 spiro atoms. The van der Waals surface area contributed by atoms with Crippen LogP contribution < -0.4 is 25.0 Å². The van der Waals surface area contributed by atoms with E-state index in [9.17, 15) is 29.8 Å². The molecule has 2 N–H and O–H groups in total. The zero-order valence-corrected chi connectivity index (χ0v) is 20.3. The van der Waals surface area contributed by atoms with Gasteiger partial charge in [0.25, 0.3) is 5.69 Å². The molecule has 3 aromatic rings. The number of carbonyl (C=O) groups excluding carboxylic acids is 2. The van der Waals surface area contributed by atoms with Crippen molar-refractivity contribution in [2.24, 2.45) is 5.10 Å². The molecule has 0 aliphatic heterocycles. The van der Waals surface area contributed by atoms with Crippen molar-refractivity contribution < 1.29 is 33.6 Å². The van der Waals surface area contributed by atoms with Crippen LogP contribution in [0.15, 0.2) is 65.8 Å². The summed E-state index contributed by atoms with van der Waals surface area (Å²) >= 11 is 0. The maximum absolute atomic E-state index is 12.1. The van der Waals surface area contributed by atoms with Gasteiger partial charge < -0.3 is 19.5 Å². The fourth-order valence-electron chi connectivity index (χ4n) is 3.06. The van der Waals surface area contributed by atoms with Crippen molar-refractivity contribution in [2.75, 3.05) is 19.5 Å². The molecule has 14 nitrogen and oxygen atoms in total. The van der Waals surface area contributed by atoms with Gasteiger partial charge in [0.15, 0.2) is 11.5 Å². The fourth-order valence-corrected chi connectivity index (χ4v) is 3.06. The summed E-state index contributed by atoms with van der Waals surface area (Å²) in [6.45, 7) is 1.57. The summed E-state index contributed by atoms with van der Waals surface area (Å²) in [5, 5.41) is 28.7. The Hall–Kier alpha value is -5.53. The third-order valence-electron chi connectivity index (χ3n) is 5.03. The number of benzene rings is 3. The maximum atomic E-state index is 12.1. The number of anilines is 1. The SMILES string of the molecule is COc1ccc(NC(=O)C(=O)N/N=C(\C)c2ccc(Oc3ccc([N+](=O)[O-])cc3[N+](=O)[O-])c(OC)c2)cc1. The van der Waals surface area contributed by atoms with Crippen molar-refractivity contribution in [3.05, 3.63) is 86.5 Å². The molecule has 0 heterocycles. The number of hydrogen-bond donors (Lipinski definition) is 2. The van der Waals surface area contributed by atoms with Gasteiger partial charge in [0.1, 0.15) is 5.75 Å². The minimum atomic E-state index is -1.00. The van der Waals surface area contributed by atoms with E-state index in [0.717, 1.165) is 18.2 Å². The minimum Gasteiger partial charge on any atom is -0.497 e. The second kappa shape index (κ2) is 11.9. The Bertz CT molecular complexity index is 1420. The van der Waals surface area contributed by atoms with Gasteiger partial charge in [0.05, 0.1) is 35.8 Å². The molecule has 38 heavy (non-hydrogen) atoms. The summed E-state index contributed by atoms with van der Waals surface area (Å²) in [6, 6.07) is 13.8. The second-order valence-corrected chi connectivity index (χ2v) is 7.45. The highest BCUT2D eigenvalue weighted by Crippen LogP contribution is 2.38. The predicted octanol–water partition coefficient (Wildman–Crippen LogP) is 3.79. The summed E-state index contributed by atoms with van der Waals surface area (Å²) in [5.74, 6) is -1.33. The Morgan fingerprint density at radius 1 is 0.816 bits per heavy atom. The van der Waals surface area contributed by atoms with Crippen LogP contribution in [0.2, 0.25) is 0 Å². The van der Waals surface area contributed by atoms with Crippen LogP contribution in [0.1, 0.15) is 12.5 Å². The number of non-ortho nitro benzene ring substituents is 1. The highest BCUT2D eigenvalue weighted by molar-refractivity contribution is 6.39. The number of nitrogens with one attached hydrogen (secondary N) is 2. The van der Waals surface area contributed by atoms with Crippen LogP contribution in [-0.2, 0) is 9.59 Å². The fraction of sp³-hybridized carbons (Fsp3) is 0.125. The van der Waals surface area contributed by atoms with E-state index in [-0.39, 0.29) is 17.2 Å². The standard InChI is InChI=1S/C24H21N5O9/c1-14(26-27-24(31)23(30)25-16-5-8-18(36-2)9-6-16)15-4-10-21(22(12-15)37-3)38-20-11-7-17(28(32)33)13-19(20)29(34)35/h4-13H,1-3H3,(H,25,30)(H,27,31)/b26-14+. The van der Waals surface area contributed by atoms with Gasteiger partial charge in [-0.3, -0.25) is 29.8 Å². The van der Waals surface area contributed by atoms with Crippen LogP contribution in [0.3, 0.4) is 0 Å². The molecule has 0 fully saturated rings. The molecule has 0 unspecified atom stereocenters. The lowest BCUT2D eigenvalue weighted by Gasteiger charge is -2.12. The van der Waals surface area contributed by atoms with E-state index in [1.54, 1.807) is 31.2 Å². The minimum absolute atomic E-state index is 0.0870. The molecule has 0 atom stereocenters. The number of methoxy groups -OCH3 is 2. The number of hydrogen-bond acceptors (Lipinski definition) is 10. The predicted molar refractivity (Wildman–Crippen MR) is 135 cm³/mol. The van der Waals surface area contributed by atoms with Gasteiger partial charge in [-0.05, 0) is 55.5 Å². The van der Waals surface area contributed by atoms with E-state index < -0.39 is 33.0 Å². The molecule has 0 aliphatic carbocycles. The third kappa shape index (κ3) is 6.57.